The third-order valence-electron chi connectivity index (χ3n) is 1.36. The molecule has 0 aromatic heterocycles. The molecule has 0 aliphatic rings. The zero-order valence-corrected chi connectivity index (χ0v) is 8.64. The third-order valence-corrected chi connectivity index (χ3v) is 1.36. The molecule has 0 saturated heterocycles. The van der Waals surface area contributed by atoms with Crippen molar-refractivity contribution in [3.8, 4) is 0 Å². The van der Waals surface area contributed by atoms with Crippen LogP contribution < -0.4 is 5.32 Å². The van der Waals surface area contributed by atoms with E-state index in [1.165, 1.54) is 0 Å². The van der Waals surface area contributed by atoms with Gasteiger partial charge in [-0.25, -0.2) is 0 Å². The molecule has 0 radical (unpaired) electrons. The van der Waals surface area contributed by atoms with E-state index >= 15 is 0 Å². The lowest BCUT2D eigenvalue weighted by Crippen LogP contribution is -2.30. The van der Waals surface area contributed by atoms with Crippen molar-refractivity contribution in [1.82, 2.24) is 5.32 Å². The Hall–Kier alpha value is -0.790. The average molecular weight is 169 g/mol. The van der Waals surface area contributed by atoms with E-state index in [1.807, 2.05) is 26.8 Å². The monoisotopic (exact) mass is 169 g/mol. The molecule has 0 aromatic rings. The SMILES string of the molecule is C/C(=C\C(C)C)C(=O)NC(C)C. The maximum Gasteiger partial charge on any atom is 0.246 e. The van der Waals surface area contributed by atoms with Crippen LogP contribution in [-0.4, -0.2) is 11.9 Å². The first kappa shape index (κ1) is 11.2. The first-order valence-corrected chi connectivity index (χ1v) is 4.42. The standard InChI is InChI=1S/C10H19NO/c1-7(2)6-9(5)10(12)11-8(3)4/h6-8H,1-5H3,(H,11,12)/b9-6+. The summed E-state index contributed by atoms with van der Waals surface area (Å²) in [5.74, 6) is 0.474. The lowest BCUT2D eigenvalue weighted by molar-refractivity contribution is -0.117. The first-order chi connectivity index (χ1) is 5.43. The summed E-state index contributed by atoms with van der Waals surface area (Å²) in [4.78, 5) is 11.3. The van der Waals surface area contributed by atoms with Crippen LogP contribution in [0.5, 0.6) is 0 Å². The number of carbonyl (C=O) groups excluding carboxylic acids is 1. The molecule has 0 atom stereocenters. The second kappa shape index (κ2) is 4.96. The molecular weight excluding hydrogens is 150 g/mol. The van der Waals surface area contributed by atoms with E-state index in [0.717, 1.165) is 5.57 Å². The van der Waals surface area contributed by atoms with Gasteiger partial charge in [0.15, 0.2) is 0 Å². The number of rotatable bonds is 3. The summed E-state index contributed by atoms with van der Waals surface area (Å²) in [6.45, 7) is 9.89. The Balaban J connectivity index is 4.10. The smallest absolute Gasteiger partial charge is 0.246 e. The number of carbonyl (C=O) groups is 1. The number of allylic oxidation sites excluding steroid dienone is 1. The maximum absolute atomic E-state index is 11.3. The van der Waals surface area contributed by atoms with Gasteiger partial charge in [-0.05, 0) is 26.7 Å². The summed E-state index contributed by atoms with van der Waals surface area (Å²) >= 11 is 0. The molecule has 1 N–H and O–H groups in total. The fraction of sp³-hybridized carbons (Fsp3) is 0.700. The van der Waals surface area contributed by atoms with Gasteiger partial charge in [0.2, 0.25) is 5.91 Å². The Morgan fingerprint density at radius 3 is 2.08 bits per heavy atom. The van der Waals surface area contributed by atoms with E-state index in [-0.39, 0.29) is 11.9 Å². The third kappa shape index (κ3) is 4.94. The summed E-state index contributed by atoms with van der Waals surface area (Å²) < 4.78 is 0. The molecule has 0 aliphatic heterocycles. The highest BCUT2D eigenvalue weighted by Gasteiger charge is 2.05. The van der Waals surface area contributed by atoms with Crippen molar-refractivity contribution in [3.63, 3.8) is 0 Å². The molecule has 1 amide bonds. The van der Waals surface area contributed by atoms with Gasteiger partial charge in [-0.2, -0.15) is 0 Å². The molecule has 0 aliphatic carbocycles. The van der Waals surface area contributed by atoms with Crippen molar-refractivity contribution in [2.45, 2.75) is 40.7 Å². The van der Waals surface area contributed by atoms with E-state index in [0.29, 0.717) is 5.92 Å². The van der Waals surface area contributed by atoms with E-state index in [2.05, 4.69) is 19.2 Å². The van der Waals surface area contributed by atoms with Crippen LogP contribution in [0.3, 0.4) is 0 Å². The van der Waals surface area contributed by atoms with Gasteiger partial charge in [-0.15, -0.1) is 0 Å². The van der Waals surface area contributed by atoms with Gasteiger partial charge in [0.1, 0.15) is 0 Å². The molecule has 2 nitrogen and oxygen atoms in total. The summed E-state index contributed by atoms with van der Waals surface area (Å²) in [7, 11) is 0. The fourth-order valence-corrected chi connectivity index (χ4v) is 0.952. The van der Waals surface area contributed by atoms with E-state index in [1.54, 1.807) is 0 Å². The van der Waals surface area contributed by atoms with Crippen LogP contribution in [-0.2, 0) is 4.79 Å². The lowest BCUT2D eigenvalue weighted by Gasteiger charge is -2.08. The van der Waals surface area contributed by atoms with Gasteiger partial charge in [0.05, 0.1) is 0 Å². The normalized spacial score (nSPS) is 12.4. The van der Waals surface area contributed by atoms with Gasteiger partial charge in [0, 0.05) is 11.6 Å². The van der Waals surface area contributed by atoms with Crippen LogP contribution in [0.25, 0.3) is 0 Å². The number of nitrogens with one attached hydrogen (secondary N) is 1. The molecule has 0 bridgehead atoms. The lowest BCUT2D eigenvalue weighted by atomic mass is 10.1. The van der Waals surface area contributed by atoms with Gasteiger partial charge in [0.25, 0.3) is 0 Å². The summed E-state index contributed by atoms with van der Waals surface area (Å²) in [6.07, 6.45) is 1.97. The number of hydrogen-bond acceptors (Lipinski definition) is 1. The minimum Gasteiger partial charge on any atom is -0.350 e. The van der Waals surface area contributed by atoms with Crippen LogP contribution in [0.1, 0.15) is 34.6 Å². The molecule has 0 unspecified atom stereocenters. The first-order valence-electron chi connectivity index (χ1n) is 4.42. The molecule has 70 valence electrons. The van der Waals surface area contributed by atoms with E-state index in [4.69, 9.17) is 0 Å². The van der Waals surface area contributed by atoms with Crippen molar-refractivity contribution in [1.29, 1.82) is 0 Å². The Morgan fingerprint density at radius 1 is 1.25 bits per heavy atom. The molecule has 0 spiro atoms. The second-order valence-electron chi connectivity index (χ2n) is 3.72. The van der Waals surface area contributed by atoms with Gasteiger partial charge in [-0.1, -0.05) is 19.9 Å². The Labute approximate surface area is 75.0 Å². The Morgan fingerprint density at radius 2 is 1.75 bits per heavy atom. The maximum atomic E-state index is 11.3. The molecular formula is C10H19NO. The molecule has 0 fully saturated rings. The Kier molecular flexibility index (Phi) is 4.64. The highest BCUT2D eigenvalue weighted by molar-refractivity contribution is 5.92. The second-order valence-corrected chi connectivity index (χ2v) is 3.72. The van der Waals surface area contributed by atoms with E-state index in [9.17, 15) is 4.79 Å². The Bertz CT molecular complexity index is 180. The quantitative estimate of drug-likeness (QED) is 0.644. The van der Waals surface area contributed by atoms with Crippen molar-refractivity contribution in [3.05, 3.63) is 11.6 Å². The summed E-state index contributed by atoms with van der Waals surface area (Å²) in [5.41, 5.74) is 0.804. The molecule has 0 heterocycles. The van der Waals surface area contributed by atoms with Gasteiger partial charge >= 0.3 is 0 Å². The van der Waals surface area contributed by atoms with E-state index < -0.39 is 0 Å². The predicted molar refractivity (Wildman–Crippen MR) is 51.9 cm³/mol. The predicted octanol–water partition coefficient (Wildman–Crippen LogP) is 2.11. The molecule has 12 heavy (non-hydrogen) atoms. The number of amides is 1. The molecule has 0 saturated carbocycles. The van der Waals surface area contributed by atoms with Crippen molar-refractivity contribution >= 4 is 5.91 Å². The van der Waals surface area contributed by atoms with Crippen LogP contribution >= 0.6 is 0 Å². The van der Waals surface area contributed by atoms with Gasteiger partial charge in [-0.3, -0.25) is 4.79 Å². The van der Waals surface area contributed by atoms with Gasteiger partial charge < -0.3 is 5.32 Å². The topological polar surface area (TPSA) is 29.1 Å². The van der Waals surface area contributed by atoms with Crippen LogP contribution in [0.4, 0.5) is 0 Å². The molecule has 0 aromatic carbocycles. The van der Waals surface area contributed by atoms with Crippen LogP contribution in [0.2, 0.25) is 0 Å². The zero-order valence-electron chi connectivity index (χ0n) is 8.64. The minimum absolute atomic E-state index is 0.0405. The largest absolute Gasteiger partial charge is 0.350 e. The number of hydrogen-bond donors (Lipinski definition) is 1. The van der Waals surface area contributed by atoms with Crippen molar-refractivity contribution in [2.75, 3.05) is 0 Å². The molecule has 0 rings (SSSR count). The van der Waals surface area contributed by atoms with Crippen molar-refractivity contribution in [2.24, 2.45) is 5.92 Å². The zero-order chi connectivity index (χ0) is 9.72. The fourth-order valence-electron chi connectivity index (χ4n) is 0.952. The summed E-state index contributed by atoms with van der Waals surface area (Å²) in [6, 6.07) is 0.216. The van der Waals surface area contributed by atoms with Crippen LogP contribution in [0, 0.1) is 5.92 Å². The van der Waals surface area contributed by atoms with Crippen molar-refractivity contribution < 1.29 is 4.79 Å². The average Bonchev–Trinajstić information content (AvgIpc) is 1.84. The summed E-state index contributed by atoms with van der Waals surface area (Å²) in [5, 5.41) is 2.84. The highest BCUT2D eigenvalue weighted by Crippen LogP contribution is 2.01. The highest BCUT2D eigenvalue weighted by atomic mass is 16.1. The van der Waals surface area contributed by atoms with Crippen LogP contribution in [0.15, 0.2) is 11.6 Å². The molecule has 2 heteroatoms. The minimum atomic E-state index is 0.0405.